The second kappa shape index (κ2) is 6.55. The molecule has 0 bridgehead atoms. The summed E-state index contributed by atoms with van der Waals surface area (Å²) >= 11 is 2.24. The van der Waals surface area contributed by atoms with Crippen LogP contribution in [0.15, 0.2) is 24.3 Å². The van der Waals surface area contributed by atoms with Crippen molar-refractivity contribution in [3.05, 3.63) is 27.8 Å². The highest BCUT2D eigenvalue weighted by Gasteiger charge is 2.39. The van der Waals surface area contributed by atoms with E-state index in [2.05, 4.69) is 22.6 Å². The van der Waals surface area contributed by atoms with Gasteiger partial charge in [-0.3, -0.25) is 0 Å². The first-order valence-corrected chi connectivity index (χ1v) is 7.70. The standard InChI is InChI=1S/C10H15IO4Si/c1-12-16(13-2,14-3)8-15-10-6-4-9(11)5-7-10/h4-7H,8H2,1-3H3. The second-order valence-electron chi connectivity index (χ2n) is 3.04. The molecule has 0 aliphatic rings. The lowest BCUT2D eigenvalue weighted by molar-refractivity contribution is 0.100. The zero-order valence-corrected chi connectivity index (χ0v) is 12.7. The van der Waals surface area contributed by atoms with E-state index in [1.54, 1.807) is 21.3 Å². The largest absolute Gasteiger partial charge is 0.539 e. The van der Waals surface area contributed by atoms with Crippen molar-refractivity contribution < 1.29 is 18.0 Å². The van der Waals surface area contributed by atoms with Gasteiger partial charge in [0.2, 0.25) is 0 Å². The minimum Gasteiger partial charge on any atom is -0.489 e. The van der Waals surface area contributed by atoms with Crippen LogP contribution in [0.5, 0.6) is 5.75 Å². The maximum Gasteiger partial charge on any atom is 0.539 e. The molecular formula is C10H15IO4Si. The van der Waals surface area contributed by atoms with E-state index in [1.807, 2.05) is 24.3 Å². The number of halogens is 1. The van der Waals surface area contributed by atoms with Crippen LogP contribution in [0.4, 0.5) is 0 Å². The molecule has 0 atom stereocenters. The van der Waals surface area contributed by atoms with Crippen LogP contribution in [0, 0.1) is 3.57 Å². The predicted octanol–water partition coefficient (Wildman–Crippen LogP) is 2.09. The molecule has 0 unspecified atom stereocenters. The van der Waals surface area contributed by atoms with Crippen LogP contribution in [0.2, 0.25) is 0 Å². The Balaban J connectivity index is 2.58. The summed E-state index contributed by atoms with van der Waals surface area (Å²) in [7, 11) is 2.06. The lowest BCUT2D eigenvalue weighted by Gasteiger charge is -2.24. The molecule has 0 saturated carbocycles. The van der Waals surface area contributed by atoms with Gasteiger partial charge < -0.3 is 18.0 Å². The van der Waals surface area contributed by atoms with Crippen LogP contribution in [0.25, 0.3) is 0 Å². The number of ether oxygens (including phenoxy) is 1. The van der Waals surface area contributed by atoms with E-state index in [1.165, 1.54) is 3.57 Å². The van der Waals surface area contributed by atoms with Gasteiger partial charge in [-0.25, -0.2) is 0 Å². The van der Waals surface area contributed by atoms with Crippen LogP contribution < -0.4 is 4.74 Å². The molecule has 6 heteroatoms. The molecule has 4 nitrogen and oxygen atoms in total. The van der Waals surface area contributed by atoms with E-state index in [0.29, 0.717) is 6.23 Å². The molecule has 1 aromatic rings. The highest BCUT2D eigenvalue weighted by molar-refractivity contribution is 14.1. The van der Waals surface area contributed by atoms with Gasteiger partial charge in [0, 0.05) is 24.9 Å². The molecule has 0 fully saturated rings. The Hall–Kier alpha value is -0.153. The fraction of sp³-hybridized carbons (Fsp3) is 0.400. The molecule has 0 aliphatic heterocycles. The van der Waals surface area contributed by atoms with Gasteiger partial charge in [0.25, 0.3) is 0 Å². The maximum absolute atomic E-state index is 5.58. The van der Waals surface area contributed by atoms with Gasteiger partial charge >= 0.3 is 8.80 Å². The Kier molecular flexibility index (Phi) is 5.69. The minimum absolute atomic E-state index is 0.303. The van der Waals surface area contributed by atoms with Gasteiger partial charge in [0.1, 0.15) is 5.75 Å². The van der Waals surface area contributed by atoms with Gasteiger partial charge in [-0.15, -0.1) is 0 Å². The molecule has 0 aliphatic carbocycles. The number of hydrogen-bond acceptors (Lipinski definition) is 4. The smallest absolute Gasteiger partial charge is 0.489 e. The fourth-order valence-corrected chi connectivity index (χ4v) is 2.69. The molecule has 0 radical (unpaired) electrons. The molecule has 90 valence electrons. The summed E-state index contributed by atoms with van der Waals surface area (Å²) < 4.78 is 22.5. The van der Waals surface area contributed by atoms with Crippen LogP contribution in [0.3, 0.4) is 0 Å². The lowest BCUT2D eigenvalue weighted by atomic mass is 10.3. The third kappa shape index (κ3) is 3.70. The molecule has 1 rings (SSSR count). The summed E-state index contributed by atoms with van der Waals surface area (Å²) in [5.41, 5.74) is 0. The Morgan fingerprint density at radius 3 is 1.94 bits per heavy atom. The van der Waals surface area contributed by atoms with Crippen LogP contribution >= 0.6 is 22.6 Å². The van der Waals surface area contributed by atoms with Crippen LogP contribution in [-0.2, 0) is 13.3 Å². The molecule has 1 aromatic carbocycles. The van der Waals surface area contributed by atoms with E-state index in [-0.39, 0.29) is 0 Å². The van der Waals surface area contributed by atoms with Crippen molar-refractivity contribution in [2.45, 2.75) is 0 Å². The van der Waals surface area contributed by atoms with Crippen LogP contribution in [-0.4, -0.2) is 36.4 Å². The van der Waals surface area contributed by atoms with Crippen molar-refractivity contribution in [2.24, 2.45) is 0 Å². The topological polar surface area (TPSA) is 36.9 Å². The fourth-order valence-electron chi connectivity index (χ4n) is 1.13. The molecule has 0 saturated heterocycles. The number of rotatable bonds is 6. The highest BCUT2D eigenvalue weighted by Crippen LogP contribution is 2.15. The van der Waals surface area contributed by atoms with Gasteiger partial charge in [-0.1, -0.05) is 0 Å². The monoisotopic (exact) mass is 354 g/mol. The van der Waals surface area contributed by atoms with Crippen molar-refractivity contribution in [2.75, 3.05) is 27.6 Å². The van der Waals surface area contributed by atoms with E-state index in [9.17, 15) is 0 Å². The molecule has 16 heavy (non-hydrogen) atoms. The van der Waals surface area contributed by atoms with Crippen molar-refractivity contribution in [1.29, 1.82) is 0 Å². The molecule has 0 N–H and O–H groups in total. The first kappa shape index (κ1) is 13.9. The Bertz CT molecular complexity index is 305. The molecular weight excluding hydrogens is 339 g/mol. The summed E-state index contributed by atoms with van der Waals surface area (Å²) in [5, 5.41) is 0. The van der Waals surface area contributed by atoms with E-state index in [0.717, 1.165) is 5.75 Å². The van der Waals surface area contributed by atoms with Crippen molar-refractivity contribution in [3.8, 4) is 5.75 Å². The Morgan fingerprint density at radius 1 is 1.00 bits per heavy atom. The van der Waals surface area contributed by atoms with Crippen molar-refractivity contribution >= 4 is 31.4 Å². The third-order valence-electron chi connectivity index (χ3n) is 2.16. The zero-order chi connectivity index (χ0) is 12.0. The summed E-state index contributed by atoms with van der Waals surface area (Å²) in [6.07, 6.45) is 0.303. The highest BCUT2D eigenvalue weighted by atomic mass is 127. The number of benzene rings is 1. The molecule has 0 aromatic heterocycles. The predicted molar refractivity (Wildman–Crippen MR) is 71.4 cm³/mol. The quantitative estimate of drug-likeness (QED) is 0.579. The van der Waals surface area contributed by atoms with Gasteiger partial charge in [0.05, 0.1) is 0 Å². The summed E-state index contributed by atoms with van der Waals surface area (Å²) in [6, 6.07) is 7.76. The average molecular weight is 354 g/mol. The van der Waals surface area contributed by atoms with E-state index >= 15 is 0 Å². The maximum atomic E-state index is 5.58. The molecule has 0 amide bonds. The minimum atomic E-state index is -2.64. The molecule has 0 heterocycles. The van der Waals surface area contributed by atoms with Gasteiger partial charge in [-0.05, 0) is 46.9 Å². The Labute approximate surface area is 110 Å². The van der Waals surface area contributed by atoms with E-state index < -0.39 is 8.80 Å². The van der Waals surface area contributed by atoms with Gasteiger partial charge in [0.15, 0.2) is 6.23 Å². The third-order valence-corrected chi connectivity index (χ3v) is 5.25. The lowest BCUT2D eigenvalue weighted by Crippen LogP contribution is -2.49. The number of hydrogen-bond donors (Lipinski definition) is 0. The van der Waals surface area contributed by atoms with Crippen LogP contribution in [0.1, 0.15) is 0 Å². The normalized spacial score (nSPS) is 11.5. The Morgan fingerprint density at radius 2 is 1.50 bits per heavy atom. The second-order valence-corrected chi connectivity index (χ2v) is 7.16. The molecule has 0 spiro atoms. The first-order valence-electron chi connectivity index (χ1n) is 4.69. The first-order chi connectivity index (χ1) is 7.65. The van der Waals surface area contributed by atoms with Crippen molar-refractivity contribution in [1.82, 2.24) is 0 Å². The van der Waals surface area contributed by atoms with Crippen molar-refractivity contribution in [3.63, 3.8) is 0 Å². The summed E-state index contributed by atoms with van der Waals surface area (Å²) in [6.45, 7) is 0. The van der Waals surface area contributed by atoms with E-state index in [4.69, 9.17) is 18.0 Å². The summed E-state index contributed by atoms with van der Waals surface area (Å²) in [4.78, 5) is 0. The average Bonchev–Trinajstić information content (AvgIpc) is 2.34. The van der Waals surface area contributed by atoms with Gasteiger partial charge in [-0.2, -0.15) is 0 Å². The summed E-state index contributed by atoms with van der Waals surface area (Å²) in [5.74, 6) is 0.781. The zero-order valence-electron chi connectivity index (χ0n) is 9.53. The SMILES string of the molecule is CO[Si](COc1ccc(I)cc1)(OC)OC.